The lowest BCUT2D eigenvalue weighted by molar-refractivity contribution is 0.0946. The third kappa shape index (κ3) is 3.62. The Labute approximate surface area is 111 Å². The molecule has 0 spiro atoms. The van der Waals surface area contributed by atoms with E-state index in [0.717, 1.165) is 5.69 Å². The molecule has 6 nitrogen and oxygen atoms in total. The largest absolute Gasteiger partial charge is 0.350 e. The Bertz CT molecular complexity index is 557. The third-order valence-corrected chi connectivity index (χ3v) is 2.50. The topological polar surface area (TPSA) is 85.8 Å². The van der Waals surface area contributed by atoms with Gasteiger partial charge in [-0.3, -0.25) is 4.79 Å². The molecule has 0 saturated heterocycles. The molecule has 0 saturated carbocycles. The van der Waals surface area contributed by atoms with E-state index in [2.05, 4.69) is 15.4 Å². The summed E-state index contributed by atoms with van der Waals surface area (Å²) in [6, 6.07) is 7.17. The Morgan fingerprint density at radius 1 is 1.47 bits per heavy atom. The average molecular weight is 259 g/mol. The van der Waals surface area contributed by atoms with Crippen LogP contribution in [0.4, 0.5) is 0 Å². The van der Waals surface area contributed by atoms with Crippen molar-refractivity contribution in [1.29, 1.82) is 0 Å². The number of nitrogens with zero attached hydrogens (tertiary/aromatic N) is 3. The Balaban J connectivity index is 2.13. The van der Waals surface area contributed by atoms with Crippen LogP contribution in [0.3, 0.4) is 0 Å². The van der Waals surface area contributed by atoms with Gasteiger partial charge in [-0.15, -0.1) is 0 Å². The molecular weight excluding hydrogens is 242 g/mol. The second-order valence-corrected chi connectivity index (χ2v) is 5.06. The summed E-state index contributed by atoms with van der Waals surface area (Å²) in [5, 5.41) is 6.83. The third-order valence-electron chi connectivity index (χ3n) is 2.50. The van der Waals surface area contributed by atoms with Crippen LogP contribution in [0.1, 0.15) is 24.2 Å². The van der Waals surface area contributed by atoms with Crippen LogP contribution < -0.4 is 11.1 Å². The van der Waals surface area contributed by atoms with Gasteiger partial charge in [0.15, 0.2) is 0 Å². The number of hydrogen-bond acceptors (Lipinski definition) is 4. The Morgan fingerprint density at radius 3 is 2.89 bits per heavy atom. The highest BCUT2D eigenvalue weighted by atomic mass is 16.1. The summed E-state index contributed by atoms with van der Waals surface area (Å²) in [7, 11) is 0. The summed E-state index contributed by atoms with van der Waals surface area (Å²) in [4.78, 5) is 15.9. The molecule has 3 N–H and O–H groups in total. The van der Waals surface area contributed by atoms with Crippen LogP contribution in [0, 0.1) is 0 Å². The lowest BCUT2D eigenvalue weighted by Crippen LogP contribution is -2.45. The Morgan fingerprint density at radius 2 is 2.26 bits per heavy atom. The number of hydrogen-bond donors (Lipinski definition) is 2. The van der Waals surface area contributed by atoms with E-state index in [4.69, 9.17) is 5.73 Å². The molecular formula is C13H17N5O. The standard InChI is InChI=1S/C13H17N5O/c1-13(2,14)7-16-12(19)10-4-3-5-11(6-10)18-9-15-8-17-18/h3-6,8-9H,7,14H2,1-2H3,(H,16,19). The lowest BCUT2D eigenvalue weighted by Gasteiger charge is -2.18. The van der Waals surface area contributed by atoms with E-state index in [0.29, 0.717) is 12.1 Å². The first-order chi connectivity index (χ1) is 8.96. The maximum atomic E-state index is 12.0. The fourth-order valence-corrected chi connectivity index (χ4v) is 1.54. The highest BCUT2D eigenvalue weighted by Crippen LogP contribution is 2.09. The number of amides is 1. The van der Waals surface area contributed by atoms with E-state index in [1.165, 1.54) is 6.33 Å². The zero-order valence-corrected chi connectivity index (χ0v) is 11.0. The minimum absolute atomic E-state index is 0.152. The van der Waals surface area contributed by atoms with Gasteiger partial charge in [-0.05, 0) is 32.0 Å². The van der Waals surface area contributed by atoms with Crippen molar-refractivity contribution in [3.05, 3.63) is 42.5 Å². The Hall–Kier alpha value is -2.21. The van der Waals surface area contributed by atoms with Crippen LogP contribution in [0.5, 0.6) is 0 Å². The smallest absolute Gasteiger partial charge is 0.251 e. The van der Waals surface area contributed by atoms with Gasteiger partial charge < -0.3 is 11.1 Å². The van der Waals surface area contributed by atoms with Crippen molar-refractivity contribution in [2.45, 2.75) is 19.4 Å². The molecule has 100 valence electrons. The fourth-order valence-electron chi connectivity index (χ4n) is 1.54. The zero-order chi connectivity index (χ0) is 13.9. The van der Waals surface area contributed by atoms with Crippen molar-refractivity contribution in [1.82, 2.24) is 20.1 Å². The van der Waals surface area contributed by atoms with E-state index >= 15 is 0 Å². The predicted octanol–water partition coefficient (Wildman–Crippen LogP) is 0.734. The molecule has 0 unspecified atom stereocenters. The van der Waals surface area contributed by atoms with Gasteiger partial charge in [0.05, 0.1) is 5.69 Å². The van der Waals surface area contributed by atoms with Gasteiger partial charge in [0.25, 0.3) is 5.91 Å². The molecule has 19 heavy (non-hydrogen) atoms. The number of rotatable bonds is 4. The van der Waals surface area contributed by atoms with Crippen molar-refractivity contribution in [2.75, 3.05) is 6.54 Å². The van der Waals surface area contributed by atoms with Crippen molar-refractivity contribution in [3.8, 4) is 5.69 Å². The monoisotopic (exact) mass is 259 g/mol. The summed E-state index contributed by atoms with van der Waals surface area (Å²) in [5.41, 5.74) is 6.76. The highest BCUT2D eigenvalue weighted by Gasteiger charge is 2.13. The molecule has 2 rings (SSSR count). The summed E-state index contributed by atoms with van der Waals surface area (Å²) in [6.07, 6.45) is 3.03. The van der Waals surface area contributed by atoms with Gasteiger partial charge in [0, 0.05) is 17.6 Å². The van der Waals surface area contributed by atoms with Crippen LogP contribution in [0.25, 0.3) is 5.69 Å². The van der Waals surface area contributed by atoms with Crippen LogP contribution in [0.15, 0.2) is 36.9 Å². The van der Waals surface area contributed by atoms with Crippen molar-refractivity contribution >= 4 is 5.91 Å². The SMILES string of the molecule is CC(C)(N)CNC(=O)c1cccc(-n2cncn2)c1. The first kappa shape index (κ1) is 13.2. The number of aromatic nitrogens is 3. The second-order valence-electron chi connectivity index (χ2n) is 5.06. The van der Waals surface area contributed by atoms with Crippen LogP contribution in [-0.4, -0.2) is 32.8 Å². The van der Waals surface area contributed by atoms with E-state index in [1.807, 2.05) is 19.9 Å². The maximum Gasteiger partial charge on any atom is 0.251 e. The van der Waals surface area contributed by atoms with Gasteiger partial charge in [0.2, 0.25) is 0 Å². The normalized spacial score (nSPS) is 11.3. The first-order valence-electron chi connectivity index (χ1n) is 5.98. The average Bonchev–Trinajstić information content (AvgIpc) is 2.89. The van der Waals surface area contributed by atoms with E-state index in [1.54, 1.807) is 29.2 Å². The van der Waals surface area contributed by atoms with Crippen LogP contribution in [0.2, 0.25) is 0 Å². The van der Waals surface area contributed by atoms with Crippen LogP contribution >= 0.6 is 0 Å². The summed E-state index contributed by atoms with van der Waals surface area (Å²) >= 11 is 0. The minimum atomic E-state index is -0.431. The molecule has 0 atom stereocenters. The molecule has 0 aliphatic heterocycles. The molecule has 0 aliphatic rings. The molecule has 1 aromatic carbocycles. The number of carbonyl (C=O) groups is 1. The number of benzene rings is 1. The molecule has 0 aliphatic carbocycles. The molecule has 0 radical (unpaired) electrons. The quantitative estimate of drug-likeness (QED) is 0.847. The fraction of sp³-hybridized carbons (Fsp3) is 0.308. The maximum absolute atomic E-state index is 12.0. The number of carbonyl (C=O) groups excluding carboxylic acids is 1. The van der Waals surface area contributed by atoms with Gasteiger partial charge in [0.1, 0.15) is 12.7 Å². The first-order valence-corrected chi connectivity index (χ1v) is 5.98. The second kappa shape index (κ2) is 5.19. The van der Waals surface area contributed by atoms with E-state index in [-0.39, 0.29) is 5.91 Å². The predicted molar refractivity (Wildman–Crippen MR) is 72.0 cm³/mol. The summed E-state index contributed by atoms with van der Waals surface area (Å²) in [6.45, 7) is 4.14. The van der Waals surface area contributed by atoms with Gasteiger partial charge in [-0.2, -0.15) is 5.10 Å². The molecule has 0 bridgehead atoms. The summed E-state index contributed by atoms with van der Waals surface area (Å²) in [5.74, 6) is -0.152. The minimum Gasteiger partial charge on any atom is -0.350 e. The molecule has 0 fully saturated rings. The zero-order valence-electron chi connectivity index (χ0n) is 11.0. The molecule has 1 aromatic heterocycles. The molecule has 1 amide bonds. The number of nitrogens with two attached hydrogens (primary N) is 1. The number of nitrogens with one attached hydrogen (secondary N) is 1. The van der Waals surface area contributed by atoms with E-state index in [9.17, 15) is 4.79 Å². The lowest BCUT2D eigenvalue weighted by atomic mass is 10.1. The van der Waals surface area contributed by atoms with Gasteiger partial charge in [-0.1, -0.05) is 6.07 Å². The highest BCUT2D eigenvalue weighted by molar-refractivity contribution is 5.94. The van der Waals surface area contributed by atoms with Crippen molar-refractivity contribution in [2.24, 2.45) is 5.73 Å². The van der Waals surface area contributed by atoms with Gasteiger partial charge in [-0.25, -0.2) is 9.67 Å². The van der Waals surface area contributed by atoms with E-state index < -0.39 is 5.54 Å². The van der Waals surface area contributed by atoms with Crippen molar-refractivity contribution < 1.29 is 4.79 Å². The Kier molecular flexibility index (Phi) is 3.62. The molecule has 2 aromatic rings. The van der Waals surface area contributed by atoms with Crippen LogP contribution in [-0.2, 0) is 0 Å². The van der Waals surface area contributed by atoms with Crippen molar-refractivity contribution in [3.63, 3.8) is 0 Å². The summed E-state index contributed by atoms with van der Waals surface area (Å²) < 4.78 is 1.60. The molecule has 1 heterocycles. The molecule has 6 heteroatoms. The van der Waals surface area contributed by atoms with Gasteiger partial charge >= 0.3 is 0 Å².